The Hall–Kier alpha value is -2.24. The highest BCUT2D eigenvalue weighted by Gasteiger charge is 2.21. The van der Waals surface area contributed by atoms with Crippen LogP contribution in [0.5, 0.6) is 0 Å². The Labute approximate surface area is 143 Å². The fourth-order valence-electron chi connectivity index (χ4n) is 2.68. The molecule has 3 aromatic rings. The van der Waals surface area contributed by atoms with Crippen LogP contribution >= 0.6 is 11.6 Å². The largest absolute Gasteiger partial charge is 0.325 e. The van der Waals surface area contributed by atoms with E-state index in [0.29, 0.717) is 33.9 Å². The molecule has 124 valence electrons. The number of nitrogens with one attached hydrogen (secondary N) is 2. The van der Waals surface area contributed by atoms with Crippen molar-refractivity contribution in [3.05, 3.63) is 75.0 Å². The van der Waals surface area contributed by atoms with Crippen LogP contribution in [0.3, 0.4) is 0 Å². The first-order valence-electron chi connectivity index (χ1n) is 7.71. The van der Waals surface area contributed by atoms with Crippen LogP contribution in [0.15, 0.2) is 47.3 Å². The number of hydrogen-bond donors (Lipinski definition) is 2. The molecule has 2 aromatic carbocycles. The summed E-state index contributed by atoms with van der Waals surface area (Å²) in [7, 11) is 1.92. The molecule has 0 aliphatic heterocycles. The molecule has 0 saturated heterocycles. The third-order valence-corrected chi connectivity index (χ3v) is 4.65. The van der Waals surface area contributed by atoms with Gasteiger partial charge in [0.1, 0.15) is 18.4 Å². The molecule has 1 unspecified atom stereocenters. The maximum atomic E-state index is 14.0. The smallest absolute Gasteiger partial charge is 0.258 e. The molecule has 0 aliphatic carbocycles. The predicted molar refractivity (Wildman–Crippen MR) is 92.8 cm³/mol. The van der Waals surface area contributed by atoms with Crippen LogP contribution in [-0.2, 0) is 6.54 Å². The third kappa shape index (κ3) is 3.18. The lowest BCUT2D eigenvalue weighted by Crippen LogP contribution is -3.07. The van der Waals surface area contributed by atoms with E-state index in [2.05, 4.69) is 9.97 Å². The van der Waals surface area contributed by atoms with Gasteiger partial charge in [0.05, 0.1) is 28.5 Å². The van der Waals surface area contributed by atoms with Gasteiger partial charge in [-0.15, -0.1) is 0 Å². The molecule has 0 bridgehead atoms. The van der Waals surface area contributed by atoms with E-state index in [1.54, 1.807) is 24.3 Å². The van der Waals surface area contributed by atoms with Crippen molar-refractivity contribution < 1.29 is 9.29 Å². The van der Waals surface area contributed by atoms with Gasteiger partial charge >= 0.3 is 0 Å². The van der Waals surface area contributed by atoms with Crippen LogP contribution in [0.25, 0.3) is 10.9 Å². The average Bonchev–Trinajstić information content (AvgIpc) is 2.57. The Kier molecular flexibility index (Phi) is 4.64. The van der Waals surface area contributed by atoms with Crippen molar-refractivity contribution in [1.29, 1.82) is 0 Å². The van der Waals surface area contributed by atoms with E-state index in [1.165, 1.54) is 6.07 Å². The Balaban J connectivity index is 1.91. The normalized spacial score (nSPS) is 13.8. The molecule has 2 atom stereocenters. The van der Waals surface area contributed by atoms with E-state index >= 15 is 0 Å². The zero-order valence-corrected chi connectivity index (χ0v) is 14.2. The molecule has 2 N–H and O–H groups in total. The van der Waals surface area contributed by atoms with Crippen molar-refractivity contribution >= 4 is 22.5 Å². The molecular weight excluding hydrogens is 329 g/mol. The Bertz CT molecular complexity index is 921. The third-order valence-electron chi connectivity index (χ3n) is 4.30. The minimum atomic E-state index is -0.325. The maximum Gasteiger partial charge on any atom is 0.258 e. The van der Waals surface area contributed by atoms with E-state index in [1.807, 2.05) is 26.1 Å². The predicted octanol–water partition coefficient (Wildman–Crippen LogP) is 2.49. The second-order valence-corrected chi connectivity index (χ2v) is 6.32. The molecule has 0 radical (unpaired) electrons. The lowest BCUT2D eigenvalue weighted by molar-refractivity contribution is -0.924. The number of aromatic amines is 1. The molecule has 0 fully saturated rings. The van der Waals surface area contributed by atoms with Crippen LogP contribution in [0, 0.1) is 5.82 Å². The van der Waals surface area contributed by atoms with Gasteiger partial charge in [-0.2, -0.15) is 0 Å². The molecule has 1 aromatic heterocycles. The molecule has 0 aliphatic rings. The number of rotatable bonds is 4. The summed E-state index contributed by atoms with van der Waals surface area (Å²) in [5, 5.41) is 0.963. The summed E-state index contributed by atoms with van der Waals surface area (Å²) < 4.78 is 14.0. The number of aromatic nitrogens is 2. The molecule has 0 saturated carbocycles. The number of nitrogens with zero attached hydrogens (tertiary/aromatic N) is 1. The highest BCUT2D eigenvalue weighted by atomic mass is 35.5. The fourth-order valence-corrected chi connectivity index (χ4v) is 2.91. The molecular formula is C18H18ClFN3O+. The number of H-pyrrole nitrogens is 1. The van der Waals surface area contributed by atoms with Crippen molar-refractivity contribution in [2.45, 2.75) is 19.5 Å². The summed E-state index contributed by atoms with van der Waals surface area (Å²) in [5.41, 5.74) is 0.950. The topological polar surface area (TPSA) is 50.2 Å². The number of benzene rings is 2. The van der Waals surface area contributed by atoms with Crippen molar-refractivity contribution in [3.8, 4) is 0 Å². The van der Waals surface area contributed by atoms with Crippen molar-refractivity contribution in [2.24, 2.45) is 0 Å². The Morgan fingerprint density at radius 2 is 2.00 bits per heavy atom. The second kappa shape index (κ2) is 6.71. The molecule has 6 heteroatoms. The molecule has 0 amide bonds. The van der Waals surface area contributed by atoms with E-state index in [4.69, 9.17) is 11.6 Å². The van der Waals surface area contributed by atoms with Crippen LogP contribution in [0.2, 0.25) is 5.02 Å². The number of halogens is 2. The average molecular weight is 347 g/mol. The Morgan fingerprint density at radius 1 is 1.25 bits per heavy atom. The lowest BCUT2D eigenvalue weighted by atomic mass is 10.1. The van der Waals surface area contributed by atoms with Crippen LogP contribution in [0.1, 0.15) is 24.4 Å². The highest BCUT2D eigenvalue weighted by Crippen LogP contribution is 2.18. The number of fused-ring (bicyclic) bond motifs is 1. The van der Waals surface area contributed by atoms with Gasteiger partial charge in [-0.3, -0.25) is 4.79 Å². The Morgan fingerprint density at radius 3 is 2.75 bits per heavy atom. The molecule has 0 spiro atoms. The van der Waals surface area contributed by atoms with Gasteiger partial charge < -0.3 is 9.88 Å². The zero-order chi connectivity index (χ0) is 17.3. The first-order chi connectivity index (χ1) is 11.5. The van der Waals surface area contributed by atoms with Gasteiger partial charge in [0.15, 0.2) is 5.82 Å². The molecule has 24 heavy (non-hydrogen) atoms. The minimum Gasteiger partial charge on any atom is -0.325 e. The lowest BCUT2D eigenvalue weighted by Gasteiger charge is -2.22. The molecule has 4 nitrogen and oxygen atoms in total. The van der Waals surface area contributed by atoms with Crippen molar-refractivity contribution in [2.75, 3.05) is 7.05 Å². The van der Waals surface area contributed by atoms with Gasteiger partial charge in [0.2, 0.25) is 0 Å². The molecule has 3 rings (SSSR count). The van der Waals surface area contributed by atoms with Crippen LogP contribution in [0.4, 0.5) is 4.39 Å². The monoisotopic (exact) mass is 346 g/mol. The summed E-state index contributed by atoms with van der Waals surface area (Å²) in [4.78, 5) is 20.6. The van der Waals surface area contributed by atoms with Crippen LogP contribution < -0.4 is 10.5 Å². The van der Waals surface area contributed by atoms with Gasteiger partial charge in [-0.05, 0) is 31.2 Å². The van der Waals surface area contributed by atoms with Gasteiger partial charge in [0, 0.05) is 0 Å². The van der Waals surface area contributed by atoms with E-state index < -0.39 is 0 Å². The fraction of sp³-hybridized carbons (Fsp3) is 0.222. The summed E-state index contributed by atoms with van der Waals surface area (Å²) in [5.74, 6) is 0.248. The number of hydrogen-bond acceptors (Lipinski definition) is 2. The first-order valence-corrected chi connectivity index (χ1v) is 8.09. The van der Waals surface area contributed by atoms with E-state index in [9.17, 15) is 9.18 Å². The standard InChI is InChI=1S/C18H17ClFN3O/c1-11(23(2)10-13-14(19)7-5-8-15(13)20)17-21-16-9-4-3-6-12(16)18(24)22-17/h3-9,11H,10H2,1-2H3,(H,21,22,24)/p+1/t11-/m1/s1. The van der Waals surface area contributed by atoms with Gasteiger partial charge in [-0.1, -0.05) is 29.8 Å². The van der Waals surface area contributed by atoms with Gasteiger partial charge in [-0.25, -0.2) is 9.37 Å². The summed E-state index contributed by atoms with van der Waals surface area (Å²) in [6.07, 6.45) is 0. The quantitative estimate of drug-likeness (QED) is 0.762. The SMILES string of the molecule is C[C@H](c1nc2ccccc2c(=O)[nH]1)[NH+](C)Cc1c(F)cccc1Cl. The maximum absolute atomic E-state index is 14.0. The van der Waals surface area contributed by atoms with Crippen molar-refractivity contribution in [3.63, 3.8) is 0 Å². The summed E-state index contributed by atoms with van der Waals surface area (Å²) in [6.45, 7) is 2.33. The van der Waals surface area contributed by atoms with E-state index in [-0.39, 0.29) is 17.4 Å². The highest BCUT2D eigenvalue weighted by molar-refractivity contribution is 6.31. The van der Waals surface area contributed by atoms with Gasteiger partial charge in [0.25, 0.3) is 5.56 Å². The number of para-hydroxylation sites is 1. The second-order valence-electron chi connectivity index (χ2n) is 5.91. The van der Waals surface area contributed by atoms with Crippen LogP contribution in [-0.4, -0.2) is 17.0 Å². The summed E-state index contributed by atoms with van der Waals surface area (Å²) in [6, 6.07) is 11.7. The zero-order valence-electron chi connectivity index (χ0n) is 13.4. The van der Waals surface area contributed by atoms with Crippen molar-refractivity contribution in [1.82, 2.24) is 9.97 Å². The molecule has 1 heterocycles. The van der Waals surface area contributed by atoms with E-state index in [0.717, 1.165) is 4.90 Å². The number of quaternary nitrogens is 1. The summed E-state index contributed by atoms with van der Waals surface area (Å²) >= 11 is 6.10. The first kappa shape index (κ1) is 16.6. The minimum absolute atomic E-state index is 0.127.